The van der Waals surface area contributed by atoms with Crippen molar-refractivity contribution in [3.8, 4) is 0 Å². The van der Waals surface area contributed by atoms with Gasteiger partial charge in [0.1, 0.15) is 0 Å². The zero-order valence-electron chi connectivity index (χ0n) is 7.96. The molecule has 3 heteroatoms. The van der Waals surface area contributed by atoms with Crippen LogP contribution in [0.4, 0.5) is 0 Å². The summed E-state index contributed by atoms with van der Waals surface area (Å²) in [6.07, 6.45) is 2.19. The first-order chi connectivity index (χ1) is 6.81. The Balaban J connectivity index is 2.14. The fraction of sp³-hybridized carbons (Fsp3) is 0.455. The van der Waals surface area contributed by atoms with E-state index in [1.165, 1.54) is 11.1 Å². The number of aliphatic hydroxyl groups is 1. The third-order valence-electron chi connectivity index (χ3n) is 2.69. The predicted molar refractivity (Wildman–Crippen MR) is 57.6 cm³/mol. The first kappa shape index (κ1) is 9.97. The first-order valence-electron chi connectivity index (χ1n) is 4.94. The number of hydrogen-bond acceptors (Lipinski definition) is 2. The van der Waals surface area contributed by atoms with Crippen LogP contribution in [0.1, 0.15) is 23.6 Å². The van der Waals surface area contributed by atoms with Gasteiger partial charge in [0.15, 0.2) is 0 Å². The Kier molecular flexibility index (Phi) is 3.06. The molecule has 1 unspecified atom stereocenters. The summed E-state index contributed by atoms with van der Waals surface area (Å²) in [7, 11) is 0. The van der Waals surface area contributed by atoms with Gasteiger partial charge in [0, 0.05) is 17.6 Å². The third-order valence-corrected chi connectivity index (χ3v) is 2.92. The third kappa shape index (κ3) is 1.92. The first-order valence-corrected chi connectivity index (χ1v) is 5.31. The van der Waals surface area contributed by atoms with Crippen molar-refractivity contribution in [2.24, 2.45) is 0 Å². The van der Waals surface area contributed by atoms with Crippen LogP contribution >= 0.6 is 11.6 Å². The highest BCUT2D eigenvalue weighted by molar-refractivity contribution is 6.30. The van der Waals surface area contributed by atoms with Crippen molar-refractivity contribution < 1.29 is 5.11 Å². The van der Waals surface area contributed by atoms with E-state index in [4.69, 9.17) is 16.7 Å². The van der Waals surface area contributed by atoms with Gasteiger partial charge in [0.05, 0.1) is 6.61 Å². The van der Waals surface area contributed by atoms with Gasteiger partial charge in [-0.2, -0.15) is 0 Å². The molecule has 0 bridgehead atoms. The minimum Gasteiger partial charge on any atom is -0.395 e. The Morgan fingerprint density at radius 1 is 1.50 bits per heavy atom. The maximum absolute atomic E-state index is 8.74. The highest BCUT2D eigenvalue weighted by Gasteiger charge is 2.21. The molecule has 1 aliphatic carbocycles. The van der Waals surface area contributed by atoms with Gasteiger partial charge in [-0.3, -0.25) is 0 Å². The summed E-state index contributed by atoms with van der Waals surface area (Å²) in [6, 6.07) is 6.45. The second-order valence-electron chi connectivity index (χ2n) is 3.61. The second kappa shape index (κ2) is 4.30. The number of fused-ring (bicyclic) bond motifs is 1. The number of aryl methyl sites for hydroxylation is 1. The van der Waals surface area contributed by atoms with Gasteiger partial charge in [0.25, 0.3) is 0 Å². The van der Waals surface area contributed by atoms with Gasteiger partial charge >= 0.3 is 0 Å². The molecule has 0 fully saturated rings. The van der Waals surface area contributed by atoms with Crippen LogP contribution in [0.15, 0.2) is 18.2 Å². The topological polar surface area (TPSA) is 32.3 Å². The van der Waals surface area contributed by atoms with Crippen LogP contribution < -0.4 is 5.32 Å². The molecule has 2 nitrogen and oxygen atoms in total. The molecule has 2 N–H and O–H groups in total. The largest absolute Gasteiger partial charge is 0.395 e. The lowest BCUT2D eigenvalue weighted by molar-refractivity contribution is 0.284. The molecule has 0 aromatic heterocycles. The van der Waals surface area contributed by atoms with E-state index >= 15 is 0 Å². The van der Waals surface area contributed by atoms with Crippen LogP contribution in [0, 0.1) is 0 Å². The molecule has 0 spiro atoms. The number of hydrogen-bond donors (Lipinski definition) is 2. The Morgan fingerprint density at radius 3 is 3.14 bits per heavy atom. The molecule has 1 aromatic rings. The summed E-state index contributed by atoms with van der Waals surface area (Å²) < 4.78 is 0. The van der Waals surface area contributed by atoms with Crippen molar-refractivity contribution in [3.63, 3.8) is 0 Å². The minimum atomic E-state index is 0.194. The lowest BCUT2D eigenvalue weighted by Crippen LogP contribution is -2.22. The second-order valence-corrected chi connectivity index (χ2v) is 4.05. The zero-order valence-corrected chi connectivity index (χ0v) is 8.72. The Hall–Kier alpha value is -0.570. The number of benzene rings is 1. The van der Waals surface area contributed by atoms with Gasteiger partial charge in [-0.25, -0.2) is 0 Å². The average molecular weight is 212 g/mol. The van der Waals surface area contributed by atoms with Crippen LogP contribution in [0.5, 0.6) is 0 Å². The molecule has 76 valence electrons. The van der Waals surface area contributed by atoms with Crippen LogP contribution in [0.3, 0.4) is 0 Å². The Morgan fingerprint density at radius 2 is 2.36 bits per heavy atom. The number of halogens is 1. The smallest absolute Gasteiger partial charge is 0.0556 e. The van der Waals surface area contributed by atoms with E-state index in [1.807, 2.05) is 12.1 Å². The summed E-state index contributed by atoms with van der Waals surface area (Å²) in [4.78, 5) is 0. The molecule has 0 saturated carbocycles. The molecule has 14 heavy (non-hydrogen) atoms. The fourth-order valence-electron chi connectivity index (χ4n) is 2.04. The van der Waals surface area contributed by atoms with Crippen LogP contribution in [-0.2, 0) is 6.42 Å². The van der Waals surface area contributed by atoms with E-state index in [2.05, 4.69) is 11.4 Å². The molecule has 0 saturated heterocycles. The van der Waals surface area contributed by atoms with Crippen molar-refractivity contribution in [1.29, 1.82) is 0 Å². The van der Waals surface area contributed by atoms with E-state index in [1.54, 1.807) is 0 Å². The number of aliphatic hydroxyl groups excluding tert-OH is 1. The molecule has 1 aromatic carbocycles. The van der Waals surface area contributed by atoms with E-state index in [0.717, 1.165) is 17.9 Å². The maximum atomic E-state index is 8.74. The maximum Gasteiger partial charge on any atom is 0.0556 e. The highest BCUT2D eigenvalue weighted by Crippen LogP contribution is 2.32. The average Bonchev–Trinajstić information content (AvgIpc) is 2.57. The molecule has 0 heterocycles. The minimum absolute atomic E-state index is 0.194. The van der Waals surface area contributed by atoms with Crippen molar-refractivity contribution in [3.05, 3.63) is 34.3 Å². The van der Waals surface area contributed by atoms with Crippen LogP contribution in [0.25, 0.3) is 0 Å². The van der Waals surface area contributed by atoms with Crippen molar-refractivity contribution in [1.82, 2.24) is 5.32 Å². The van der Waals surface area contributed by atoms with E-state index < -0.39 is 0 Å². The molecule has 0 radical (unpaired) electrons. The van der Waals surface area contributed by atoms with E-state index in [9.17, 15) is 0 Å². The molecular formula is C11H14ClNO. The van der Waals surface area contributed by atoms with Crippen LogP contribution in [0.2, 0.25) is 5.02 Å². The molecular weight excluding hydrogens is 198 g/mol. The molecule has 2 rings (SSSR count). The quantitative estimate of drug-likeness (QED) is 0.801. The lowest BCUT2D eigenvalue weighted by Gasteiger charge is -2.12. The zero-order chi connectivity index (χ0) is 9.97. The number of nitrogens with one attached hydrogen (secondary N) is 1. The summed E-state index contributed by atoms with van der Waals surface area (Å²) in [5.74, 6) is 0. The monoisotopic (exact) mass is 211 g/mol. The van der Waals surface area contributed by atoms with Gasteiger partial charge in [-0.1, -0.05) is 17.7 Å². The highest BCUT2D eigenvalue weighted by atomic mass is 35.5. The lowest BCUT2D eigenvalue weighted by atomic mass is 10.1. The predicted octanol–water partition coefficient (Wildman–Crippen LogP) is 1.91. The summed E-state index contributed by atoms with van der Waals surface area (Å²) in [6.45, 7) is 0.853. The van der Waals surface area contributed by atoms with Crippen molar-refractivity contribution >= 4 is 11.6 Å². The standard InChI is InChI=1S/C11H14ClNO/c12-9-2-3-10-8(7-9)1-4-11(10)13-5-6-14/h2-3,7,11,13-14H,1,4-6H2. The van der Waals surface area contributed by atoms with E-state index in [0.29, 0.717) is 12.6 Å². The van der Waals surface area contributed by atoms with Crippen molar-refractivity contribution in [2.75, 3.05) is 13.2 Å². The van der Waals surface area contributed by atoms with E-state index in [-0.39, 0.29) is 6.61 Å². The Labute approximate surface area is 88.9 Å². The summed E-state index contributed by atoms with van der Waals surface area (Å²) >= 11 is 5.92. The molecule has 1 aliphatic rings. The summed E-state index contributed by atoms with van der Waals surface area (Å²) in [5.41, 5.74) is 2.68. The van der Waals surface area contributed by atoms with Crippen molar-refractivity contribution in [2.45, 2.75) is 18.9 Å². The SMILES string of the molecule is OCCNC1CCc2cc(Cl)ccc21. The van der Waals surface area contributed by atoms with Gasteiger partial charge in [-0.15, -0.1) is 0 Å². The normalized spacial score (nSPS) is 19.7. The Bertz CT molecular complexity index is 327. The molecule has 0 aliphatic heterocycles. The fourth-order valence-corrected chi connectivity index (χ4v) is 2.23. The van der Waals surface area contributed by atoms with Gasteiger partial charge in [-0.05, 0) is 36.1 Å². The van der Waals surface area contributed by atoms with Gasteiger partial charge < -0.3 is 10.4 Å². The van der Waals surface area contributed by atoms with Crippen LogP contribution in [-0.4, -0.2) is 18.3 Å². The summed E-state index contributed by atoms with van der Waals surface area (Å²) in [5, 5.41) is 12.9. The molecule has 0 amide bonds. The van der Waals surface area contributed by atoms with Gasteiger partial charge in [0.2, 0.25) is 0 Å². The number of rotatable bonds is 3. The molecule has 1 atom stereocenters.